The SMILES string of the molecule is CC(Br)=N/C(C)=C(\O)C(C)C. The van der Waals surface area contributed by atoms with Crippen molar-refractivity contribution in [1.29, 1.82) is 0 Å². The second-order valence-electron chi connectivity index (χ2n) is 2.73. The molecule has 0 saturated heterocycles. The molecular weight excluding hydrogens is 206 g/mol. The molecule has 0 bridgehead atoms. The normalized spacial score (nSPS) is 15.3. The van der Waals surface area contributed by atoms with Gasteiger partial charge in [0.2, 0.25) is 0 Å². The van der Waals surface area contributed by atoms with Crippen molar-refractivity contribution in [3.05, 3.63) is 11.5 Å². The molecule has 2 nitrogen and oxygen atoms in total. The maximum atomic E-state index is 9.40. The molecule has 0 rings (SSSR count). The van der Waals surface area contributed by atoms with Crippen molar-refractivity contribution in [3.8, 4) is 0 Å². The minimum absolute atomic E-state index is 0.144. The largest absolute Gasteiger partial charge is 0.510 e. The van der Waals surface area contributed by atoms with Crippen molar-refractivity contribution in [2.45, 2.75) is 27.7 Å². The van der Waals surface area contributed by atoms with Crippen LogP contribution in [-0.2, 0) is 0 Å². The molecule has 0 atom stereocenters. The van der Waals surface area contributed by atoms with Crippen molar-refractivity contribution in [2.75, 3.05) is 0 Å². The molecule has 0 amide bonds. The summed E-state index contributed by atoms with van der Waals surface area (Å²) in [6, 6.07) is 0. The van der Waals surface area contributed by atoms with E-state index in [1.165, 1.54) is 0 Å². The zero-order valence-electron chi connectivity index (χ0n) is 7.35. The summed E-state index contributed by atoms with van der Waals surface area (Å²) in [5.74, 6) is 0.495. The molecule has 0 aliphatic heterocycles. The maximum Gasteiger partial charge on any atom is 0.116 e. The summed E-state index contributed by atoms with van der Waals surface area (Å²) in [6.07, 6.45) is 0. The van der Waals surface area contributed by atoms with Gasteiger partial charge in [0.05, 0.1) is 10.3 Å². The lowest BCUT2D eigenvalue weighted by Gasteiger charge is -2.04. The Labute approximate surface area is 76.2 Å². The predicted octanol–water partition coefficient (Wildman–Crippen LogP) is 3.25. The highest BCUT2D eigenvalue weighted by atomic mass is 79.9. The fraction of sp³-hybridized carbons (Fsp3) is 0.625. The smallest absolute Gasteiger partial charge is 0.116 e. The average Bonchev–Trinajstić information content (AvgIpc) is 1.84. The van der Waals surface area contributed by atoms with Crippen LogP contribution < -0.4 is 0 Å². The third-order valence-electron chi connectivity index (χ3n) is 1.24. The van der Waals surface area contributed by atoms with Crippen LogP contribution in [0.25, 0.3) is 0 Å². The first-order valence-electron chi connectivity index (χ1n) is 3.55. The number of rotatable bonds is 2. The lowest BCUT2D eigenvalue weighted by Crippen LogP contribution is -1.95. The summed E-state index contributed by atoms with van der Waals surface area (Å²) in [5.41, 5.74) is 0.675. The number of aliphatic hydroxyl groups is 1. The first-order valence-corrected chi connectivity index (χ1v) is 4.35. The van der Waals surface area contributed by atoms with Crippen molar-refractivity contribution >= 4 is 20.6 Å². The van der Waals surface area contributed by atoms with Crippen LogP contribution in [-0.4, -0.2) is 9.73 Å². The number of halogens is 1. The van der Waals surface area contributed by atoms with Crippen LogP contribution in [0.1, 0.15) is 27.7 Å². The minimum atomic E-state index is 0.144. The van der Waals surface area contributed by atoms with Gasteiger partial charge in [0.25, 0.3) is 0 Å². The van der Waals surface area contributed by atoms with E-state index in [0.29, 0.717) is 11.5 Å². The number of hydrogen-bond acceptors (Lipinski definition) is 2. The monoisotopic (exact) mass is 219 g/mol. The Morgan fingerprint density at radius 3 is 2.09 bits per heavy atom. The van der Waals surface area contributed by atoms with Crippen LogP contribution in [0.15, 0.2) is 16.4 Å². The molecule has 0 radical (unpaired) electrons. The molecule has 0 unspecified atom stereocenters. The van der Waals surface area contributed by atoms with Crippen molar-refractivity contribution in [2.24, 2.45) is 10.9 Å². The Bertz CT molecular complexity index is 190. The second-order valence-corrected chi connectivity index (χ2v) is 3.88. The summed E-state index contributed by atoms with van der Waals surface area (Å²) in [5, 5.41) is 9.40. The van der Waals surface area contributed by atoms with Gasteiger partial charge in [-0.2, -0.15) is 0 Å². The van der Waals surface area contributed by atoms with E-state index in [4.69, 9.17) is 0 Å². The summed E-state index contributed by atoms with van der Waals surface area (Å²) in [4.78, 5) is 4.06. The molecule has 0 aromatic carbocycles. The molecule has 3 heteroatoms. The minimum Gasteiger partial charge on any atom is -0.510 e. The highest BCUT2D eigenvalue weighted by Crippen LogP contribution is 2.12. The molecule has 0 aliphatic rings. The lowest BCUT2D eigenvalue weighted by atomic mass is 10.1. The molecule has 0 saturated carbocycles. The van der Waals surface area contributed by atoms with Gasteiger partial charge in [-0.1, -0.05) is 13.8 Å². The third kappa shape index (κ3) is 4.19. The van der Waals surface area contributed by atoms with Gasteiger partial charge in [0, 0.05) is 5.92 Å². The lowest BCUT2D eigenvalue weighted by molar-refractivity contribution is 0.344. The topological polar surface area (TPSA) is 32.6 Å². The molecule has 0 heterocycles. The van der Waals surface area contributed by atoms with Crippen LogP contribution in [0.5, 0.6) is 0 Å². The van der Waals surface area contributed by atoms with Crippen LogP contribution in [0.4, 0.5) is 0 Å². The number of nitrogens with zero attached hydrogens (tertiary/aromatic N) is 1. The fourth-order valence-corrected chi connectivity index (χ4v) is 0.972. The Kier molecular flexibility index (Phi) is 4.42. The maximum absolute atomic E-state index is 9.40. The number of aliphatic imine (C=N–C) groups is 1. The summed E-state index contributed by atoms with van der Waals surface area (Å²) >= 11 is 3.20. The molecule has 0 spiro atoms. The van der Waals surface area contributed by atoms with Gasteiger partial charge in [-0.3, -0.25) is 0 Å². The predicted molar refractivity (Wildman–Crippen MR) is 52.2 cm³/mol. The zero-order chi connectivity index (χ0) is 9.02. The van der Waals surface area contributed by atoms with Gasteiger partial charge in [-0.15, -0.1) is 0 Å². The number of allylic oxidation sites excluding steroid dienone is 2. The molecular formula is C8H14BrNO. The molecule has 1 N–H and O–H groups in total. The first-order chi connectivity index (χ1) is 4.95. The highest BCUT2D eigenvalue weighted by molar-refractivity contribution is 9.18. The molecule has 64 valence electrons. The molecule has 0 aromatic rings. The number of hydrogen-bond donors (Lipinski definition) is 1. The van der Waals surface area contributed by atoms with Gasteiger partial charge in [-0.05, 0) is 29.8 Å². The first kappa shape index (κ1) is 10.7. The standard InChI is InChI=1S/C8H14BrNO/c1-5(2)8(11)6(3)10-7(4)9/h5,11H,1-4H3/b8-6-,10-7?. The second kappa shape index (κ2) is 4.54. The van der Waals surface area contributed by atoms with E-state index in [0.717, 1.165) is 4.62 Å². The summed E-state index contributed by atoms with van der Waals surface area (Å²) in [6.45, 7) is 7.48. The van der Waals surface area contributed by atoms with Crippen molar-refractivity contribution in [3.63, 3.8) is 0 Å². The fourth-order valence-electron chi connectivity index (χ4n) is 0.706. The van der Waals surface area contributed by atoms with Gasteiger partial charge < -0.3 is 5.11 Å². The van der Waals surface area contributed by atoms with Crippen LogP contribution >= 0.6 is 15.9 Å². The van der Waals surface area contributed by atoms with Crippen molar-refractivity contribution in [1.82, 2.24) is 0 Å². The zero-order valence-corrected chi connectivity index (χ0v) is 8.94. The summed E-state index contributed by atoms with van der Waals surface area (Å²) < 4.78 is 0.780. The van der Waals surface area contributed by atoms with E-state index in [-0.39, 0.29) is 5.92 Å². The third-order valence-corrected chi connectivity index (χ3v) is 1.42. The average molecular weight is 220 g/mol. The van der Waals surface area contributed by atoms with Gasteiger partial charge in [0.15, 0.2) is 0 Å². The molecule has 11 heavy (non-hydrogen) atoms. The van der Waals surface area contributed by atoms with Crippen molar-refractivity contribution < 1.29 is 5.11 Å². The Morgan fingerprint density at radius 2 is 1.82 bits per heavy atom. The van der Waals surface area contributed by atoms with Gasteiger partial charge in [-0.25, -0.2) is 4.99 Å². The van der Waals surface area contributed by atoms with E-state index >= 15 is 0 Å². The molecule has 0 aromatic heterocycles. The van der Waals surface area contributed by atoms with E-state index in [1.54, 1.807) is 6.92 Å². The highest BCUT2D eigenvalue weighted by Gasteiger charge is 2.03. The number of aliphatic hydroxyl groups excluding tert-OH is 1. The van der Waals surface area contributed by atoms with E-state index < -0.39 is 0 Å². The van der Waals surface area contributed by atoms with E-state index in [2.05, 4.69) is 20.9 Å². The Hall–Kier alpha value is -0.310. The Balaban J connectivity index is 4.54. The Morgan fingerprint density at radius 1 is 1.36 bits per heavy atom. The van der Waals surface area contributed by atoms with Crippen LogP contribution in [0.2, 0.25) is 0 Å². The quantitative estimate of drug-likeness (QED) is 0.562. The van der Waals surface area contributed by atoms with Crippen LogP contribution in [0.3, 0.4) is 0 Å². The molecule has 0 fully saturated rings. The van der Waals surface area contributed by atoms with Gasteiger partial charge in [0.1, 0.15) is 5.76 Å². The van der Waals surface area contributed by atoms with E-state index in [1.807, 2.05) is 20.8 Å². The van der Waals surface area contributed by atoms with E-state index in [9.17, 15) is 5.11 Å². The molecule has 0 aliphatic carbocycles. The van der Waals surface area contributed by atoms with Crippen LogP contribution in [0, 0.1) is 5.92 Å². The van der Waals surface area contributed by atoms with Gasteiger partial charge >= 0.3 is 0 Å². The summed E-state index contributed by atoms with van der Waals surface area (Å²) in [7, 11) is 0.